The molecule has 2 amide bonds. The van der Waals surface area contributed by atoms with Crippen molar-refractivity contribution in [3.05, 3.63) is 66.2 Å². The Labute approximate surface area is 153 Å². The molecule has 0 atom stereocenters. The third-order valence-corrected chi connectivity index (χ3v) is 5.10. The monoisotopic (exact) mass is 347 g/mol. The number of imide groups is 1. The van der Waals surface area contributed by atoms with Crippen molar-refractivity contribution in [1.29, 1.82) is 0 Å². The van der Waals surface area contributed by atoms with Crippen LogP contribution in [-0.2, 0) is 9.59 Å². The van der Waals surface area contributed by atoms with E-state index in [1.165, 1.54) is 49.8 Å². The Bertz CT molecular complexity index is 847. The lowest BCUT2D eigenvalue weighted by molar-refractivity contribution is -0.120. The second kappa shape index (κ2) is 7.16. The third kappa shape index (κ3) is 3.15. The van der Waals surface area contributed by atoms with Crippen LogP contribution in [0.5, 0.6) is 11.5 Å². The molecule has 0 bridgehead atoms. The zero-order valence-corrected chi connectivity index (χ0v) is 14.6. The second-order valence-corrected chi connectivity index (χ2v) is 6.79. The Kier molecular flexibility index (Phi) is 4.57. The summed E-state index contributed by atoms with van der Waals surface area (Å²) in [5.41, 5.74) is 1.69. The van der Waals surface area contributed by atoms with Crippen LogP contribution in [0.15, 0.2) is 60.7 Å². The van der Waals surface area contributed by atoms with Crippen LogP contribution in [0, 0.1) is 0 Å². The maximum atomic E-state index is 12.1. The molecule has 1 fully saturated rings. The number of benzene rings is 2. The van der Waals surface area contributed by atoms with E-state index in [4.69, 9.17) is 4.74 Å². The van der Waals surface area contributed by atoms with Gasteiger partial charge in [0.05, 0.1) is 5.69 Å². The van der Waals surface area contributed by atoms with Gasteiger partial charge in [0.1, 0.15) is 5.75 Å². The van der Waals surface area contributed by atoms with Crippen LogP contribution in [-0.4, -0.2) is 11.8 Å². The first-order valence-electron chi connectivity index (χ1n) is 9.16. The largest absolute Gasteiger partial charge is 0.455 e. The summed E-state index contributed by atoms with van der Waals surface area (Å²) in [4.78, 5) is 25.3. The number of rotatable bonds is 4. The van der Waals surface area contributed by atoms with Gasteiger partial charge in [-0.3, -0.25) is 9.59 Å². The molecular formula is C22H21NO3. The van der Waals surface area contributed by atoms with Crippen LogP contribution in [0.25, 0.3) is 0 Å². The van der Waals surface area contributed by atoms with Gasteiger partial charge in [-0.25, -0.2) is 4.90 Å². The highest BCUT2D eigenvalue weighted by Crippen LogP contribution is 2.41. The van der Waals surface area contributed by atoms with E-state index in [0.717, 1.165) is 10.6 Å². The minimum atomic E-state index is -0.341. The summed E-state index contributed by atoms with van der Waals surface area (Å²) in [6.45, 7) is 0. The molecule has 2 aliphatic rings. The van der Waals surface area contributed by atoms with E-state index < -0.39 is 0 Å². The van der Waals surface area contributed by atoms with E-state index in [1.807, 2.05) is 24.3 Å². The quantitative estimate of drug-likeness (QED) is 0.735. The molecule has 0 aromatic heterocycles. The van der Waals surface area contributed by atoms with Gasteiger partial charge in [-0.15, -0.1) is 0 Å². The second-order valence-electron chi connectivity index (χ2n) is 6.79. The van der Waals surface area contributed by atoms with Crippen molar-refractivity contribution in [3.63, 3.8) is 0 Å². The molecule has 0 saturated heterocycles. The number of carbonyl (C=O) groups is 2. The summed E-state index contributed by atoms with van der Waals surface area (Å²) in [7, 11) is 0. The van der Waals surface area contributed by atoms with Crippen molar-refractivity contribution in [2.45, 2.75) is 38.0 Å². The molecule has 4 heteroatoms. The van der Waals surface area contributed by atoms with Gasteiger partial charge in [0.25, 0.3) is 11.8 Å². The van der Waals surface area contributed by atoms with E-state index in [9.17, 15) is 9.59 Å². The molecule has 0 spiro atoms. The van der Waals surface area contributed by atoms with Crippen LogP contribution in [0.3, 0.4) is 0 Å². The van der Waals surface area contributed by atoms with Crippen LogP contribution < -0.4 is 9.64 Å². The number of hydrogen-bond acceptors (Lipinski definition) is 3. The SMILES string of the molecule is O=C1C=CC(=O)N1c1ccccc1Oc1ccccc1C1CCCCC1. The Hall–Kier alpha value is -2.88. The maximum Gasteiger partial charge on any atom is 0.258 e. The third-order valence-electron chi connectivity index (χ3n) is 5.10. The predicted molar refractivity (Wildman–Crippen MR) is 100 cm³/mol. The zero-order valence-electron chi connectivity index (χ0n) is 14.6. The van der Waals surface area contributed by atoms with Gasteiger partial charge in [-0.2, -0.15) is 0 Å². The highest BCUT2D eigenvalue weighted by atomic mass is 16.5. The summed E-state index contributed by atoms with van der Waals surface area (Å²) in [5, 5.41) is 0. The van der Waals surface area contributed by atoms with Crippen molar-refractivity contribution < 1.29 is 14.3 Å². The Balaban J connectivity index is 1.67. The fraction of sp³-hybridized carbons (Fsp3) is 0.273. The molecule has 1 aliphatic carbocycles. The van der Waals surface area contributed by atoms with Gasteiger partial charge in [-0.05, 0) is 42.5 Å². The summed E-state index contributed by atoms with van der Waals surface area (Å²) in [6.07, 6.45) is 8.72. The number of para-hydroxylation sites is 3. The summed E-state index contributed by atoms with van der Waals surface area (Å²) in [5.74, 6) is 1.14. The summed E-state index contributed by atoms with van der Waals surface area (Å²) in [6, 6.07) is 15.3. The highest BCUT2D eigenvalue weighted by molar-refractivity contribution is 6.28. The molecule has 4 nitrogen and oxygen atoms in total. The van der Waals surface area contributed by atoms with Crippen molar-refractivity contribution in [3.8, 4) is 11.5 Å². The molecule has 0 unspecified atom stereocenters. The van der Waals surface area contributed by atoms with Gasteiger partial charge in [0.2, 0.25) is 0 Å². The molecule has 2 aromatic rings. The van der Waals surface area contributed by atoms with Crippen molar-refractivity contribution in [2.24, 2.45) is 0 Å². The number of ether oxygens (including phenoxy) is 1. The van der Waals surface area contributed by atoms with E-state index >= 15 is 0 Å². The standard InChI is InChI=1S/C22H21NO3/c24-21-14-15-22(25)23(21)18-11-5-7-13-20(18)26-19-12-6-4-10-17(19)16-8-2-1-3-9-16/h4-7,10-16H,1-3,8-9H2. The van der Waals surface area contributed by atoms with Crippen molar-refractivity contribution >= 4 is 17.5 Å². The van der Waals surface area contributed by atoms with Crippen LogP contribution in [0.1, 0.15) is 43.6 Å². The van der Waals surface area contributed by atoms with E-state index in [-0.39, 0.29) is 11.8 Å². The Morgan fingerprint density at radius 1 is 0.769 bits per heavy atom. The first kappa shape index (κ1) is 16.6. The van der Waals surface area contributed by atoms with Gasteiger partial charge in [-0.1, -0.05) is 49.6 Å². The molecule has 1 aliphatic heterocycles. The molecule has 132 valence electrons. The molecule has 4 rings (SSSR count). The molecule has 1 saturated carbocycles. The average Bonchev–Trinajstić information content (AvgIpc) is 3.02. The van der Waals surface area contributed by atoms with E-state index in [0.29, 0.717) is 17.4 Å². The number of hydrogen-bond donors (Lipinski definition) is 0. The predicted octanol–water partition coefficient (Wildman–Crippen LogP) is 4.96. The molecule has 1 heterocycles. The minimum absolute atomic E-state index is 0.341. The fourth-order valence-corrected chi connectivity index (χ4v) is 3.81. The molecular weight excluding hydrogens is 326 g/mol. The number of nitrogens with zero attached hydrogens (tertiary/aromatic N) is 1. The molecule has 2 aromatic carbocycles. The average molecular weight is 347 g/mol. The van der Waals surface area contributed by atoms with Crippen LogP contribution in [0.4, 0.5) is 5.69 Å². The topological polar surface area (TPSA) is 46.6 Å². The number of amides is 2. The lowest BCUT2D eigenvalue weighted by Gasteiger charge is -2.25. The van der Waals surface area contributed by atoms with Crippen LogP contribution in [0.2, 0.25) is 0 Å². The van der Waals surface area contributed by atoms with Crippen molar-refractivity contribution in [1.82, 2.24) is 0 Å². The van der Waals surface area contributed by atoms with Gasteiger partial charge < -0.3 is 4.74 Å². The first-order chi connectivity index (χ1) is 12.7. The Morgan fingerprint density at radius 2 is 1.38 bits per heavy atom. The Morgan fingerprint density at radius 3 is 2.12 bits per heavy atom. The number of anilines is 1. The summed E-state index contributed by atoms with van der Waals surface area (Å²) >= 11 is 0. The molecule has 0 radical (unpaired) electrons. The number of carbonyl (C=O) groups excluding carboxylic acids is 2. The lowest BCUT2D eigenvalue weighted by atomic mass is 9.84. The van der Waals surface area contributed by atoms with Gasteiger partial charge >= 0.3 is 0 Å². The highest BCUT2D eigenvalue weighted by Gasteiger charge is 2.28. The van der Waals surface area contributed by atoms with Gasteiger partial charge in [0, 0.05) is 12.2 Å². The van der Waals surface area contributed by atoms with E-state index in [1.54, 1.807) is 18.2 Å². The van der Waals surface area contributed by atoms with Gasteiger partial charge in [0.15, 0.2) is 5.75 Å². The van der Waals surface area contributed by atoms with Crippen LogP contribution >= 0.6 is 0 Å². The van der Waals surface area contributed by atoms with E-state index in [2.05, 4.69) is 6.07 Å². The smallest absolute Gasteiger partial charge is 0.258 e. The maximum absolute atomic E-state index is 12.1. The van der Waals surface area contributed by atoms with Crippen molar-refractivity contribution in [2.75, 3.05) is 4.90 Å². The zero-order chi connectivity index (χ0) is 17.9. The first-order valence-corrected chi connectivity index (χ1v) is 9.16. The molecule has 26 heavy (non-hydrogen) atoms. The molecule has 0 N–H and O–H groups in total. The minimum Gasteiger partial charge on any atom is -0.455 e. The normalized spacial score (nSPS) is 17.8. The summed E-state index contributed by atoms with van der Waals surface area (Å²) < 4.78 is 6.23. The fourth-order valence-electron chi connectivity index (χ4n) is 3.81. The lowest BCUT2D eigenvalue weighted by Crippen LogP contribution is -2.29.